The summed E-state index contributed by atoms with van der Waals surface area (Å²) in [4.78, 5) is 27.6. The number of hydrogen-bond acceptors (Lipinski definition) is 5. The van der Waals surface area contributed by atoms with Crippen LogP contribution in [0.25, 0.3) is 11.3 Å². The molecule has 1 aromatic carbocycles. The Kier molecular flexibility index (Phi) is 5.34. The van der Waals surface area contributed by atoms with Crippen molar-refractivity contribution < 1.29 is 19.2 Å². The van der Waals surface area contributed by atoms with E-state index in [9.17, 15) is 9.59 Å². The number of aliphatic hydroxyl groups excluding tert-OH is 1. The van der Waals surface area contributed by atoms with Crippen LogP contribution in [0.15, 0.2) is 45.5 Å². The van der Waals surface area contributed by atoms with E-state index in [1.54, 1.807) is 6.92 Å². The number of rotatable bonds is 6. The van der Waals surface area contributed by atoms with E-state index in [2.05, 4.69) is 31.4 Å². The van der Waals surface area contributed by atoms with Crippen LogP contribution >= 0.6 is 15.9 Å². The molecule has 7 nitrogen and oxygen atoms in total. The molecule has 8 heteroatoms. The normalized spacial score (nSPS) is 10.7. The minimum absolute atomic E-state index is 0.138. The van der Waals surface area contributed by atoms with Gasteiger partial charge in [-0.25, -0.2) is 0 Å². The van der Waals surface area contributed by atoms with E-state index in [-0.39, 0.29) is 24.6 Å². The number of carbonyl (C=O) groups is 2. The van der Waals surface area contributed by atoms with Crippen molar-refractivity contribution in [1.29, 1.82) is 0 Å². The van der Waals surface area contributed by atoms with Crippen molar-refractivity contribution >= 4 is 27.6 Å². The van der Waals surface area contributed by atoms with Crippen LogP contribution in [0, 0.1) is 6.92 Å². The fourth-order valence-electron chi connectivity index (χ4n) is 2.51. The van der Waals surface area contributed by atoms with Crippen LogP contribution in [0.2, 0.25) is 0 Å². The molecular formula is C18H16BrN3O4. The SMILES string of the molecule is Cc1onc(-c2ccc(Br)cc2)c1C(=O)c1c[nH]c(C(=O)NCCO)c1. The van der Waals surface area contributed by atoms with Gasteiger partial charge >= 0.3 is 0 Å². The maximum Gasteiger partial charge on any atom is 0.267 e. The lowest BCUT2D eigenvalue weighted by Crippen LogP contribution is -2.26. The monoisotopic (exact) mass is 417 g/mol. The molecule has 0 aliphatic rings. The van der Waals surface area contributed by atoms with Gasteiger partial charge in [0.05, 0.1) is 12.2 Å². The highest BCUT2D eigenvalue weighted by atomic mass is 79.9. The van der Waals surface area contributed by atoms with Gasteiger partial charge in [-0.3, -0.25) is 9.59 Å². The fraction of sp³-hybridized carbons (Fsp3) is 0.167. The molecule has 0 fully saturated rings. The number of carbonyl (C=O) groups excluding carboxylic acids is 2. The first-order valence-corrected chi connectivity index (χ1v) is 8.65. The third kappa shape index (κ3) is 3.61. The molecule has 0 saturated carbocycles. The molecule has 3 aromatic rings. The molecule has 0 atom stereocenters. The number of nitrogens with zero attached hydrogens (tertiary/aromatic N) is 1. The van der Waals surface area contributed by atoms with Crippen molar-refractivity contribution in [1.82, 2.24) is 15.5 Å². The van der Waals surface area contributed by atoms with Crippen molar-refractivity contribution in [2.75, 3.05) is 13.2 Å². The third-order valence-electron chi connectivity index (χ3n) is 3.79. The molecule has 1 amide bonds. The Balaban J connectivity index is 1.91. The van der Waals surface area contributed by atoms with Crippen molar-refractivity contribution in [2.24, 2.45) is 0 Å². The summed E-state index contributed by atoms with van der Waals surface area (Å²) in [6, 6.07) is 8.85. The highest BCUT2D eigenvalue weighted by Gasteiger charge is 2.24. The van der Waals surface area contributed by atoms with E-state index in [1.165, 1.54) is 12.3 Å². The second-order valence-electron chi connectivity index (χ2n) is 5.58. The molecule has 0 bridgehead atoms. The Morgan fingerprint density at radius 2 is 2.04 bits per heavy atom. The summed E-state index contributed by atoms with van der Waals surface area (Å²) in [6.45, 7) is 1.65. The van der Waals surface area contributed by atoms with Crippen LogP contribution in [-0.2, 0) is 0 Å². The lowest BCUT2D eigenvalue weighted by molar-refractivity contribution is 0.0940. The van der Waals surface area contributed by atoms with Crippen LogP contribution < -0.4 is 5.32 Å². The van der Waals surface area contributed by atoms with Gasteiger partial charge in [-0.2, -0.15) is 0 Å². The zero-order valence-corrected chi connectivity index (χ0v) is 15.5. The van der Waals surface area contributed by atoms with Gasteiger partial charge in [0.15, 0.2) is 5.78 Å². The van der Waals surface area contributed by atoms with Crippen LogP contribution in [-0.4, -0.2) is 40.1 Å². The number of H-pyrrole nitrogens is 1. The lowest BCUT2D eigenvalue weighted by Gasteiger charge is -2.01. The summed E-state index contributed by atoms with van der Waals surface area (Å²) in [6.07, 6.45) is 1.47. The molecule has 0 radical (unpaired) electrons. The fourth-order valence-corrected chi connectivity index (χ4v) is 2.77. The molecule has 0 saturated heterocycles. The predicted octanol–water partition coefficient (Wildman–Crippen LogP) is 2.69. The minimum Gasteiger partial charge on any atom is -0.395 e. The average Bonchev–Trinajstić information content (AvgIpc) is 3.27. The van der Waals surface area contributed by atoms with Crippen LogP contribution in [0.4, 0.5) is 0 Å². The average molecular weight is 418 g/mol. The Morgan fingerprint density at radius 1 is 1.31 bits per heavy atom. The first kappa shape index (κ1) is 18.1. The summed E-state index contributed by atoms with van der Waals surface area (Å²) in [5.74, 6) is -0.284. The Bertz CT molecular complexity index is 944. The van der Waals surface area contributed by atoms with Gasteiger partial charge in [0.25, 0.3) is 5.91 Å². The highest BCUT2D eigenvalue weighted by molar-refractivity contribution is 9.10. The van der Waals surface area contributed by atoms with Crippen LogP contribution in [0.5, 0.6) is 0 Å². The number of hydrogen-bond donors (Lipinski definition) is 3. The first-order valence-electron chi connectivity index (χ1n) is 7.85. The predicted molar refractivity (Wildman–Crippen MR) is 98.0 cm³/mol. The minimum atomic E-state index is -0.395. The molecule has 0 spiro atoms. The molecule has 134 valence electrons. The number of halogens is 1. The lowest BCUT2D eigenvalue weighted by atomic mass is 9.99. The van der Waals surface area contributed by atoms with Gasteiger partial charge in [0, 0.05) is 28.3 Å². The maximum absolute atomic E-state index is 12.9. The molecule has 26 heavy (non-hydrogen) atoms. The van der Waals surface area contributed by atoms with Crippen molar-refractivity contribution in [2.45, 2.75) is 6.92 Å². The summed E-state index contributed by atoms with van der Waals surface area (Å²) in [5.41, 5.74) is 2.12. The Labute approximate surface area is 157 Å². The van der Waals surface area contributed by atoms with Crippen LogP contribution in [0.3, 0.4) is 0 Å². The Morgan fingerprint density at radius 3 is 2.73 bits per heavy atom. The van der Waals surface area contributed by atoms with E-state index < -0.39 is 5.91 Å². The summed E-state index contributed by atoms with van der Waals surface area (Å²) >= 11 is 3.37. The number of benzene rings is 1. The topological polar surface area (TPSA) is 108 Å². The highest BCUT2D eigenvalue weighted by Crippen LogP contribution is 2.28. The van der Waals surface area contributed by atoms with Crippen molar-refractivity contribution in [3.05, 3.63) is 63.6 Å². The van der Waals surface area contributed by atoms with Gasteiger partial charge in [-0.1, -0.05) is 33.2 Å². The largest absolute Gasteiger partial charge is 0.395 e. The molecule has 0 aliphatic carbocycles. The molecule has 3 rings (SSSR count). The second-order valence-corrected chi connectivity index (χ2v) is 6.50. The molecule has 3 N–H and O–H groups in total. The Hall–Kier alpha value is -2.71. The van der Waals surface area contributed by atoms with E-state index in [1.807, 2.05) is 24.3 Å². The number of aromatic nitrogens is 2. The third-order valence-corrected chi connectivity index (χ3v) is 4.32. The van der Waals surface area contributed by atoms with Gasteiger partial charge in [0.1, 0.15) is 17.1 Å². The van der Waals surface area contributed by atoms with Gasteiger partial charge in [0.2, 0.25) is 0 Å². The second kappa shape index (κ2) is 7.67. The quantitative estimate of drug-likeness (QED) is 0.534. The summed E-state index contributed by atoms with van der Waals surface area (Å²) in [5, 5.41) is 15.3. The summed E-state index contributed by atoms with van der Waals surface area (Å²) in [7, 11) is 0. The molecule has 2 aromatic heterocycles. The number of amides is 1. The van der Waals surface area contributed by atoms with Crippen molar-refractivity contribution in [3.8, 4) is 11.3 Å². The van der Waals surface area contributed by atoms with E-state index >= 15 is 0 Å². The van der Waals surface area contributed by atoms with Gasteiger partial charge in [-0.15, -0.1) is 0 Å². The zero-order chi connectivity index (χ0) is 18.7. The number of ketones is 1. The number of aromatic amines is 1. The van der Waals surface area contributed by atoms with E-state index in [0.29, 0.717) is 22.6 Å². The maximum atomic E-state index is 12.9. The van der Waals surface area contributed by atoms with E-state index in [4.69, 9.17) is 9.63 Å². The molecular weight excluding hydrogens is 402 g/mol. The molecule has 2 heterocycles. The molecule has 0 aliphatic heterocycles. The van der Waals surface area contributed by atoms with Crippen molar-refractivity contribution in [3.63, 3.8) is 0 Å². The summed E-state index contributed by atoms with van der Waals surface area (Å²) < 4.78 is 6.15. The van der Waals surface area contributed by atoms with Crippen LogP contribution in [0.1, 0.15) is 32.2 Å². The first-order chi connectivity index (χ1) is 12.5. The van der Waals surface area contributed by atoms with Gasteiger partial charge < -0.3 is 19.9 Å². The standard InChI is InChI=1S/C18H16BrN3O4/c1-10-15(16(22-26-10)11-2-4-13(19)5-3-11)17(24)12-8-14(21-9-12)18(25)20-6-7-23/h2-5,8-9,21,23H,6-7H2,1H3,(H,20,25). The smallest absolute Gasteiger partial charge is 0.267 e. The van der Waals surface area contributed by atoms with E-state index in [0.717, 1.165) is 10.0 Å². The molecule has 0 unspecified atom stereocenters. The number of aryl methyl sites for hydroxylation is 1. The number of nitrogens with one attached hydrogen (secondary N) is 2. The number of aliphatic hydroxyl groups is 1. The van der Waals surface area contributed by atoms with Gasteiger partial charge in [-0.05, 0) is 25.1 Å². The zero-order valence-electron chi connectivity index (χ0n) is 13.9.